The summed E-state index contributed by atoms with van der Waals surface area (Å²) >= 11 is 0. The first kappa shape index (κ1) is 12.9. The molecule has 0 spiro atoms. The van der Waals surface area contributed by atoms with Crippen molar-refractivity contribution in [3.8, 4) is 0 Å². The summed E-state index contributed by atoms with van der Waals surface area (Å²) < 4.78 is 5.37. The minimum atomic E-state index is -0.570. The third-order valence-corrected chi connectivity index (χ3v) is 4.80. The molecule has 0 radical (unpaired) electrons. The predicted octanol–water partition coefficient (Wildman–Crippen LogP) is 3.08. The van der Waals surface area contributed by atoms with E-state index in [-0.39, 0.29) is 0 Å². The van der Waals surface area contributed by atoms with Gasteiger partial charge in [0.05, 0.1) is 5.41 Å². The normalized spacial score (nSPS) is 38.2. The van der Waals surface area contributed by atoms with Crippen LogP contribution in [0, 0.1) is 17.3 Å². The van der Waals surface area contributed by atoms with Gasteiger partial charge in [0, 0.05) is 13.2 Å². The van der Waals surface area contributed by atoms with Crippen molar-refractivity contribution in [2.24, 2.45) is 17.3 Å². The van der Waals surface area contributed by atoms with Crippen molar-refractivity contribution in [3.63, 3.8) is 0 Å². The molecule has 1 heterocycles. The summed E-state index contributed by atoms with van der Waals surface area (Å²) in [4.78, 5) is 11.6. The van der Waals surface area contributed by atoms with Crippen LogP contribution in [0.3, 0.4) is 0 Å². The molecular formula is C14H24O3. The second kappa shape index (κ2) is 5.38. The van der Waals surface area contributed by atoms with Gasteiger partial charge in [-0.2, -0.15) is 0 Å². The van der Waals surface area contributed by atoms with E-state index >= 15 is 0 Å². The van der Waals surface area contributed by atoms with Crippen LogP contribution in [-0.4, -0.2) is 24.3 Å². The number of carboxylic acid groups (broad SMARTS) is 1. The van der Waals surface area contributed by atoms with Crippen molar-refractivity contribution in [2.75, 3.05) is 13.2 Å². The van der Waals surface area contributed by atoms with Gasteiger partial charge in [0.25, 0.3) is 0 Å². The minimum absolute atomic E-state index is 0.440. The van der Waals surface area contributed by atoms with Gasteiger partial charge in [-0.1, -0.05) is 13.3 Å². The summed E-state index contributed by atoms with van der Waals surface area (Å²) in [5.74, 6) is 0.658. The molecule has 3 nitrogen and oxygen atoms in total. The van der Waals surface area contributed by atoms with Gasteiger partial charge in [-0.25, -0.2) is 0 Å². The van der Waals surface area contributed by atoms with Gasteiger partial charge in [0.1, 0.15) is 0 Å². The highest BCUT2D eigenvalue weighted by Gasteiger charge is 2.43. The standard InChI is InChI=1S/C14H24O3/c1-2-11-3-6-14(7-4-11,13(15)16)9-12-5-8-17-10-12/h11-12H,2-10H2,1H3,(H,15,16). The summed E-state index contributed by atoms with van der Waals surface area (Å²) in [5.41, 5.74) is -0.440. The third kappa shape index (κ3) is 2.82. The van der Waals surface area contributed by atoms with Crippen LogP contribution in [0.4, 0.5) is 0 Å². The number of aliphatic carboxylic acids is 1. The first-order chi connectivity index (χ1) is 8.16. The molecule has 0 aromatic rings. The van der Waals surface area contributed by atoms with Gasteiger partial charge in [0.2, 0.25) is 0 Å². The quantitative estimate of drug-likeness (QED) is 0.821. The van der Waals surface area contributed by atoms with E-state index in [1.54, 1.807) is 0 Å². The molecule has 1 saturated carbocycles. The highest BCUT2D eigenvalue weighted by molar-refractivity contribution is 5.74. The summed E-state index contributed by atoms with van der Waals surface area (Å²) in [6, 6.07) is 0. The molecular weight excluding hydrogens is 216 g/mol. The van der Waals surface area contributed by atoms with Crippen molar-refractivity contribution in [2.45, 2.75) is 51.9 Å². The topological polar surface area (TPSA) is 46.5 Å². The van der Waals surface area contributed by atoms with E-state index in [0.29, 0.717) is 5.92 Å². The van der Waals surface area contributed by atoms with Crippen LogP contribution < -0.4 is 0 Å². The molecule has 98 valence electrons. The van der Waals surface area contributed by atoms with Crippen molar-refractivity contribution >= 4 is 5.97 Å². The maximum Gasteiger partial charge on any atom is 0.309 e. The van der Waals surface area contributed by atoms with E-state index < -0.39 is 11.4 Å². The van der Waals surface area contributed by atoms with Gasteiger partial charge in [-0.15, -0.1) is 0 Å². The molecule has 0 aromatic carbocycles. The number of hydrogen-bond acceptors (Lipinski definition) is 2. The second-order valence-corrected chi connectivity index (χ2v) is 5.87. The third-order valence-electron chi connectivity index (χ3n) is 4.80. The number of rotatable bonds is 4. The molecule has 2 rings (SSSR count). The van der Waals surface area contributed by atoms with E-state index in [2.05, 4.69) is 6.92 Å². The van der Waals surface area contributed by atoms with Crippen molar-refractivity contribution < 1.29 is 14.6 Å². The van der Waals surface area contributed by atoms with E-state index in [1.165, 1.54) is 6.42 Å². The summed E-state index contributed by atoms with van der Waals surface area (Å²) in [5, 5.41) is 9.57. The molecule has 1 atom stereocenters. The first-order valence-corrected chi connectivity index (χ1v) is 6.97. The smallest absolute Gasteiger partial charge is 0.309 e. The van der Waals surface area contributed by atoms with Crippen LogP contribution in [0.25, 0.3) is 0 Å². The number of hydrogen-bond donors (Lipinski definition) is 1. The van der Waals surface area contributed by atoms with Crippen LogP contribution in [0.15, 0.2) is 0 Å². The Bertz CT molecular complexity index is 261. The Hall–Kier alpha value is -0.570. The first-order valence-electron chi connectivity index (χ1n) is 6.97. The SMILES string of the molecule is CCC1CCC(CC2CCOC2)(C(=O)O)CC1. The molecule has 17 heavy (non-hydrogen) atoms. The van der Waals surface area contributed by atoms with Crippen LogP contribution in [-0.2, 0) is 9.53 Å². The molecule has 1 N–H and O–H groups in total. The zero-order chi connectivity index (χ0) is 12.3. The van der Waals surface area contributed by atoms with Gasteiger partial charge < -0.3 is 9.84 Å². The predicted molar refractivity (Wildman–Crippen MR) is 65.9 cm³/mol. The van der Waals surface area contributed by atoms with Crippen molar-refractivity contribution in [1.82, 2.24) is 0 Å². The highest BCUT2D eigenvalue weighted by Crippen LogP contribution is 2.45. The second-order valence-electron chi connectivity index (χ2n) is 5.87. The van der Waals surface area contributed by atoms with E-state index in [0.717, 1.165) is 57.7 Å². The van der Waals surface area contributed by atoms with Gasteiger partial charge in [0.15, 0.2) is 0 Å². The molecule has 1 aliphatic carbocycles. The fraction of sp³-hybridized carbons (Fsp3) is 0.929. The summed E-state index contributed by atoms with van der Waals surface area (Å²) in [6.45, 7) is 3.80. The molecule has 1 saturated heterocycles. The van der Waals surface area contributed by atoms with Gasteiger partial charge >= 0.3 is 5.97 Å². The zero-order valence-corrected chi connectivity index (χ0v) is 10.8. The Morgan fingerprint density at radius 1 is 1.29 bits per heavy atom. The lowest BCUT2D eigenvalue weighted by Gasteiger charge is -2.38. The zero-order valence-electron chi connectivity index (χ0n) is 10.8. The molecule has 2 aliphatic rings. The van der Waals surface area contributed by atoms with Crippen molar-refractivity contribution in [1.29, 1.82) is 0 Å². The van der Waals surface area contributed by atoms with E-state index in [1.807, 2.05) is 0 Å². The Balaban J connectivity index is 1.98. The maximum absolute atomic E-state index is 11.6. The highest BCUT2D eigenvalue weighted by atomic mass is 16.5. The molecule has 0 aromatic heterocycles. The monoisotopic (exact) mass is 240 g/mol. The molecule has 3 heteroatoms. The van der Waals surface area contributed by atoms with E-state index in [4.69, 9.17) is 4.74 Å². The van der Waals surface area contributed by atoms with Crippen LogP contribution in [0.5, 0.6) is 0 Å². The fourth-order valence-electron chi connectivity index (χ4n) is 3.44. The molecule has 0 amide bonds. The Morgan fingerprint density at radius 3 is 2.47 bits per heavy atom. The van der Waals surface area contributed by atoms with Crippen molar-refractivity contribution in [3.05, 3.63) is 0 Å². The Labute approximate surface area is 104 Å². The number of carboxylic acids is 1. The lowest BCUT2D eigenvalue weighted by molar-refractivity contribution is -0.153. The van der Waals surface area contributed by atoms with Crippen LogP contribution in [0.2, 0.25) is 0 Å². The van der Waals surface area contributed by atoms with Gasteiger partial charge in [-0.05, 0) is 50.4 Å². The molecule has 1 unspecified atom stereocenters. The van der Waals surface area contributed by atoms with E-state index in [9.17, 15) is 9.90 Å². The number of ether oxygens (including phenoxy) is 1. The Kier molecular flexibility index (Phi) is 4.08. The largest absolute Gasteiger partial charge is 0.481 e. The summed E-state index contributed by atoms with van der Waals surface area (Å²) in [7, 11) is 0. The molecule has 2 fully saturated rings. The molecule has 0 bridgehead atoms. The summed E-state index contributed by atoms with van der Waals surface area (Å²) in [6.07, 6.45) is 7.01. The number of carbonyl (C=O) groups is 1. The maximum atomic E-state index is 11.6. The lowest BCUT2D eigenvalue weighted by Crippen LogP contribution is -2.37. The Morgan fingerprint density at radius 2 is 2.00 bits per heavy atom. The fourth-order valence-corrected chi connectivity index (χ4v) is 3.44. The molecule has 1 aliphatic heterocycles. The average molecular weight is 240 g/mol. The minimum Gasteiger partial charge on any atom is -0.481 e. The van der Waals surface area contributed by atoms with Crippen LogP contribution in [0.1, 0.15) is 51.9 Å². The average Bonchev–Trinajstić information content (AvgIpc) is 2.82. The lowest BCUT2D eigenvalue weighted by atomic mass is 9.66. The van der Waals surface area contributed by atoms with Crippen LogP contribution >= 0.6 is 0 Å². The van der Waals surface area contributed by atoms with Gasteiger partial charge in [-0.3, -0.25) is 4.79 Å².